The molecule has 0 aliphatic heterocycles. The number of nitrogens with zero attached hydrogens (tertiary/aromatic N) is 1. The second-order valence-electron chi connectivity index (χ2n) is 12.9. The predicted molar refractivity (Wildman–Crippen MR) is 212 cm³/mol. The number of furan rings is 1. The van der Waals surface area contributed by atoms with Gasteiger partial charge in [0.25, 0.3) is 0 Å². The molecule has 0 amide bonds. The van der Waals surface area contributed by atoms with Crippen LogP contribution >= 0.6 is 0 Å². The Balaban J connectivity index is 1.02. The summed E-state index contributed by atoms with van der Waals surface area (Å²) in [5.41, 5.74) is 9.86. The van der Waals surface area contributed by atoms with Crippen molar-refractivity contribution in [3.8, 4) is 22.3 Å². The molecule has 234 valence electrons. The second kappa shape index (κ2) is 11.5. The van der Waals surface area contributed by atoms with Crippen LogP contribution in [0.1, 0.15) is 0 Å². The van der Waals surface area contributed by atoms with Gasteiger partial charge in [0.15, 0.2) is 0 Å². The first kappa shape index (κ1) is 28.4. The third-order valence-electron chi connectivity index (χ3n) is 10.0. The van der Waals surface area contributed by atoms with Crippen LogP contribution in [-0.4, -0.2) is 0 Å². The molecule has 0 aliphatic carbocycles. The van der Waals surface area contributed by atoms with E-state index in [0.717, 1.165) is 44.7 Å². The molecule has 0 bridgehead atoms. The Morgan fingerprint density at radius 2 is 0.900 bits per heavy atom. The number of para-hydroxylation sites is 1. The quantitative estimate of drug-likeness (QED) is 0.175. The molecule has 10 rings (SSSR count). The van der Waals surface area contributed by atoms with Gasteiger partial charge in [-0.25, -0.2) is 0 Å². The lowest BCUT2D eigenvalue weighted by Crippen LogP contribution is -2.09. The van der Waals surface area contributed by atoms with Gasteiger partial charge in [0.1, 0.15) is 11.2 Å². The van der Waals surface area contributed by atoms with Crippen LogP contribution in [0.5, 0.6) is 0 Å². The fraction of sp³-hybridized carbons (Fsp3) is 0. The summed E-state index contributed by atoms with van der Waals surface area (Å²) in [5.74, 6) is 0. The van der Waals surface area contributed by atoms with Crippen LogP contribution in [0.15, 0.2) is 192 Å². The average molecular weight is 638 g/mol. The Kier molecular flexibility index (Phi) is 6.53. The van der Waals surface area contributed by atoms with Gasteiger partial charge in [-0.1, -0.05) is 127 Å². The molecule has 0 fully saturated rings. The highest BCUT2D eigenvalue weighted by atomic mass is 16.3. The molecule has 50 heavy (non-hydrogen) atoms. The standard InChI is InChI=1S/C48H31NO/c1-2-12-37(13-3-1)49(39-26-20-34(21-27-39)45-30-36-11-5-6-14-40(36)42-16-8-9-17-43(42)45)38-24-18-32(19-25-38)35-22-28-44-47(31-35)50-46-29-23-33-10-4-7-15-41(33)48(44)46/h1-31H. The molecule has 0 atom stereocenters. The molecule has 9 aromatic carbocycles. The van der Waals surface area contributed by atoms with Crippen molar-refractivity contribution >= 4 is 71.3 Å². The molecule has 0 aliphatic rings. The molecule has 1 heterocycles. The van der Waals surface area contributed by atoms with Gasteiger partial charge in [-0.3, -0.25) is 0 Å². The highest BCUT2D eigenvalue weighted by Gasteiger charge is 2.15. The number of hydrogen-bond donors (Lipinski definition) is 0. The summed E-state index contributed by atoms with van der Waals surface area (Å²) >= 11 is 0. The SMILES string of the molecule is c1ccc(N(c2ccc(-c3ccc4c(c3)oc3ccc5ccccc5c34)cc2)c2ccc(-c3cc4ccccc4c4ccccc34)cc2)cc1. The van der Waals surface area contributed by atoms with Crippen molar-refractivity contribution in [3.63, 3.8) is 0 Å². The van der Waals surface area contributed by atoms with Gasteiger partial charge in [0, 0.05) is 27.8 Å². The number of benzene rings is 9. The van der Waals surface area contributed by atoms with Gasteiger partial charge in [-0.15, -0.1) is 0 Å². The van der Waals surface area contributed by atoms with Crippen LogP contribution in [-0.2, 0) is 0 Å². The lowest BCUT2D eigenvalue weighted by atomic mass is 9.93. The van der Waals surface area contributed by atoms with Crippen LogP contribution in [0, 0.1) is 0 Å². The van der Waals surface area contributed by atoms with Gasteiger partial charge in [-0.05, 0) is 115 Å². The summed E-state index contributed by atoms with van der Waals surface area (Å²) < 4.78 is 6.38. The largest absolute Gasteiger partial charge is 0.456 e. The Bertz CT molecular complexity index is 2850. The first-order chi connectivity index (χ1) is 24.8. The van der Waals surface area contributed by atoms with Gasteiger partial charge in [-0.2, -0.15) is 0 Å². The van der Waals surface area contributed by atoms with Crippen molar-refractivity contribution in [2.24, 2.45) is 0 Å². The van der Waals surface area contributed by atoms with E-state index < -0.39 is 0 Å². The minimum atomic E-state index is 0.906. The molecule has 1 aromatic heterocycles. The maximum atomic E-state index is 6.38. The number of fused-ring (bicyclic) bond motifs is 8. The van der Waals surface area contributed by atoms with E-state index in [1.807, 2.05) is 0 Å². The molecule has 0 N–H and O–H groups in total. The summed E-state index contributed by atoms with van der Waals surface area (Å²) in [6.45, 7) is 0. The van der Waals surface area contributed by atoms with E-state index in [2.05, 4.69) is 193 Å². The summed E-state index contributed by atoms with van der Waals surface area (Å²) in [7, 11) is 0. The average Bonchev–Trinajstić information content (AvgIpc) is 3.57. The molecule has 0 spiro atoms. The molecule has 0 saturated carbocycles. The lowest BCUT2D eigenvalue weighted by molar-refractivity contribution is 0.669. The Morgan fingerprint density at radius 3 is 1.66 bits per heavy atom. The van der Waals surface area contributed by atoms with Gasteiger partial charge in [0.05, 0.1) is 0 Å². The van der Waals surface area contributed by atoms with Gasteiger partial charge in [0.2, 0.25) is 0 Å². The van der Waals surface area contributed by atoms with E-state index in [1.54, 1.807) is 0 Å². The zero-order valence-electron chi connectivity index (χ0n) is 27.3. The highest BCUT2D eigenvalue weighted by molar-refractivity contribution is 6.19. The molecule has 2 nitrogen and oxygen atoms in total. The number of hydrogen-bond acceptors (Lipinski definition) is 2. The maximum absolute atomic E-state index is 6.38. The third-order valence-corrected chi connectivity index (χ3v) is 10.0. The van der Waals surface area contributed by atoms with E-state index in [4.69, 9.17) is 4.42 Å². The molecule has 0 unspecified atom stereocenters. The monoisotopic (exact) mass is 637 g/mol. The van der Waals surface area contributed by atoms with Crippen LogP contribution < -0.4 is 4.90 Å². The Labute approximate surface area is 290 Å². The van der Waals surface area contributed by atoms with E-state index in [0.29, 0.717) is 0 Å². The topological polar surface area (TPSA) is 16.4 Å². The predicted octanol–water partition coefficient (Wildman–Crippen LogP) is 13.8. The van der Waals surface area contributed by atoms with Crippen LogP contribution in [0.4, 0.5) is 17.1 Å². The summed E-state index contributed by atoms with van der Waals surface area (Å²) in [5, 5.41) is 9.86. The van der Waals surface area contributed by atoms with Crippen molar-refractivity contribution in [1.82, 2.24) is 0 Å². The molecule has 2 heteroatoms. The van der Waals surface area contributed by atoms with Crippen molar-refractivity contribution in [3.05, 3.63) is 188 Å². The van der Waals surface area contributed by atoms with Crippen LogP contribution in [0.25, 0.3) is 76.5 Å². The first-order valence-corrected chi connectivity index (χ1v) is 17.1. The van der Waals surface area contributed by atoms with E-state index in [-0.39, 0.29) is 0 Å². The fourth-order valence-corrected chi connectivity index (χ4v) is 7.64. The second-order valence-corrected chi connectivity index (χ2v) is 12.9. The van der Waals surface area contributed by atoms with Gasteiger partial charge < -0.3 is 9.32 Å². The zero-order valence-corrected chi connectivity index (χ0v) is 27.3. The fourth-order valence-electron chi connectivity index (χ4n) is 7.64. The van der Waals surface area contributed by atoms with E-state index >= 15 is 0 Å². The number of anilines is 3. The zero-order chi connectivity index (χ0) is 33.0. The van der Waals surface area contributed by atoms with E-state index in [1.165, 1.54) is 48.8 Å². The molecule has 0 saturated heterocycles. The Hall–Kier alpha value is -6.64. The first-order valence-electron chi connectivity index (χ1n) is 17.1. The maximum Gasteiger partial charge on any atom is 0.136 e. The summed E-state index contributed by atoms with van der Waals surface area (Å²) in [6, 6.07) is 67.4. The van der Waals surface area contributed by atoms with Gasteiger partial charge >= 0.3 is 0 Å². The molecular formula is C48H31NO. The van der Waals surface area contributed by atoms with Crippen molar-refractivity contribution in [1.29, 1.82) is 0 Å². The summed E-state index contributed by atoms with van der Waals surface area (Å²) in [6.07, 6.45) is 0. The minimum Gasteiger partial charge on any atom is -0.456 e. The van der Waals surface area contributed by atoms with E-state index in [9.17, 15) is 0 Å². The number of rotatable bonds is 5. The van der Waals surface area contributed by atoms with Crippen molar-refractivity contribution in [2.75, 3.05) is 4.90 Å². The van der Waals surface area contributed by atoms with Crippen LogP contribution in [0.2, 0.25) is 0 Å². The van der Waals surface area contributed by atoms with Crippen molar-refractivity contribution in [2.45, 2.75) is 0 Å². The lowest BCUT2D eigenvalue weighted by Gasteiger charge is -2.26. The third kappa shape index (κ3) is 4.65. The van der Waals surface area contributed by atoms with Crippen LogP contribution in [0.3, 0.4) is 0 Å². The molecule has 10 aromatic rings. The smallest absolute Gasteiger partial charge is 0.136 e. The minimum absolute atomic E-state index is 0.906. The molecule has 0 radical (unpaired) electrons. The Morgan fingerprint density at radius 1 is 0.320 bits per heavy atom. The molecular weight excluding hydrogens is 607 g/mol. The summed E-state index contributed by atoms with van der Waals surface area (Å²) in [4.78, 5) is 2.32. The highest BCUT2D eigenvalue weighted by Crippen LogP contribution is 2.40. The van der Waals surface area contributed by atoms with Crippen molar-refractivity contribution < 1.29 is 4.42 Å². The normalized spacial score (nSPS) is 11.6.